The number of urea groups is 1. The molecule has 0 saturated carbocycles. The summed E-state index contributed by atoms with van der Waals surface area (Å²) in [5.74, 6) is 2.40. The van der Waals surface area contributed by atoms with E-state index in [1.54, 1.807) is 32.4 Å². The molecule has 8 nitrogen and oxygen atoms in total. The maximum Gasteiger partial charge on any atom is 0.325 e. The van der Waals surface area contributed by atoms with Crippen LogP contribution in [0.25, 0.3) is 0 Å². The third-order valence-corrected chi connectivity index (χ3v) is 5.32. The molecule has 9 heteroatoms. The highest BCUT2D eigenvalue weighted by molar-refractivity contribution is 7.19. The van der Waals surface area contributed by atoms with Crippen LogP contribution in [-0.4, -0.2) is 43.5 Å². The molecule has 0 radical (unpaired) electrons. The van der Waals surface area contributed by atoms with E-state index >= 15 is 0 Å². The first-order valence-corrected chi connectivity index (χ1v) is 9.68. The van der Waals surface area contributed by atoms with Crippen molar-refractivity contribution >= 4 is 33.3 Å². The van der Waals surface area contributed by atoms with Gasteiger partial charge in [-0.05, 0) is 30.4 Å². The molecule has 0 unspecified atom stereocenters. The van der Waals surface area contributed by atoms with Gasteiger partial charge in [0.15, 0.2) is 11.5 Å². The normalized spacial score (nSPS) is 19.5. The van der Waals surface area contributed by atoms with Crippen molar-refractivity contribution in [2.45, 2.75) is 20.3 Å². The van der Waals surface area contributed by atoms with Gasteiger partial charge in [0.1, 0.15) is 0 Å². The first-order chi connectivity index (χ1) is 13.0. The quantitative estimate of drug-likeness (QED) is 0.808. The van der Waals surface area contributed by atoms with E-state index in [0.717, 1.165) is 18.2 Å². The van der Waals surface area contributed by atoms with Gasteiger partial charge in [-0.1, -0.05) is 25.2 Å². The minimum Gasteiger partial charge on any atom is -0.493 e. The number of methoxy groups -OCH3 is 2. The van der Waals surface area contributed by atoms with E-state index in [2.05, 4.69) is 39.6 Å². The van der Waals surface area contributed by atoms with Crippen molar-refractivity contribution in [1.29, 1.82) is 0 Å². The van der Waals surface area contributed by atoms with E-state index in [-0.39, 0.29) is 6.03 Å². The van der Waals surface area contributed by atoms with Gasteiger partial charge in [-0.3, -0.25) is 5.32 Å². The molecule has 2 amide bonds. The van der Waals surface area contributed by atoms with Crippen LogP contribution in [0.5, 0.6) is 11.5 Å². The van der Waals surface area contributed by atoms with Gasteiger partial charge in [-0.15, -0.1) is 10.2 Å². The number of nitrogens with zero attached hydrogens (tertiary/aromatic N) is 3. The summed E-state index contributed by atoms with van der Waals surface area (Å²) in [6.07, 6.45) is 1.23. The highest BCUT2D eigenvalue weighted by atomic mass is 32.1. The van der Waals surface area contributed by atoms with Crippen LogP contribution in [0, 0.1) is 11.8 Å². The third-order valence-electron chi connectivity index (χ3n) is 4.42. The molecule has 0 aliphatic carbocycles. The van der Waals surface area contributed by atoms with Crippen LogP contribution < -0.4 is 25.0 Å². The molecule has 27 heavy (non-hydrogen) atoms. The maximum atomic E-state index is 12.3. The summed E-state index contributed by atoms with van der Waals surface area (Å²) in [6.45, 7) is 6.44. The first-order valence-electron chi connectivity index (χ1n) is 8.87. The van der Waals surface area contributed by atoms with E-state index in [4.69, 9.17) is 9.47 Å². The summed E-state index contributed by atoms with van der Waals surface area (Å²) < 4.78 is 10.4. The summed E-state index contributed by atoms with van der Waals surface area (Å²) in [4.78, 5) is 14.5. The fourth-order valence-corrected chi connectivity index (χ4v) is 4.14. The largest absolute Gasteiger partial charge is 0.493 e. The van der Waals surface area contributed by atoms with E-state index in [9.17, 15) is 4.79 Å². The van der Waals surface area contributed by atoms with Crippen molar-refractivity contribution in [3.05, 3.63) is 18.2 Å². The van der Waals surface area contributed by atoms with Crippen LogP contribution in [0.2, 0.25) is 0 Å². The average Bonchev–Trinajstić information content (AvgIpc) is 3.09. The van der Waals surface area contributed by atoms with Gasteiger partial charge in [0, 0.05) is 24.8 Å². The Bertz CT molecular complexity index is 787. The van der Waals surface area contributed by atoms with E-state index in [1.165, 1.54) is 17.8 Å². The topological polar surface area (TPSA) is 88.6 Å². The number of piperidine rings is 1. The summed E-state index contributed by atoms with van der Waals surface area (Å²) in [6, 6.07) is 4.78. The Morgan fingerprint density at radius 2 is 1.81 bits per heavy atom. The van der Waals surface area contributed by atoms with Crippen molar-refractivity contribution in [3.63, 3.8) is 0 Å². The lowest BCUT2D eigenvalue weighted by atomic mass is 9.92. The molecule has 1 aromatic carbocycles. The molecule has 2 atom stereocenters. The lowest BCUT2D eigenvalue weighted by Gasteiger charge is -2.34. The molecule has 0 spiro atoms. The standard InChI is InChI=1S/C18H25N5O3S/c1-11-7-12(2)10-23(9-11)18-22-21-17(27-18)20-16(24)19-13-5-6-14(25-3)15(8-13)26-4/h5-6,8,11-12H,7,9-10H2,1-4H3,(H2,19,20,21,24)/t11-,12-/m1/s1. The predicted molar refractivity (Wildman–Crippen MR) is 107 cm³/mol. The fourth-order valence-electron chi connectivity index (χ4n) is 3.39. The average molecular weight is 391 g/mol. The minimum absolute atomic E-state index is 0.384. The SMILES string of the molecule is COc1ccc(NC(=O)Nc2nnc(N3C[C@H](C)C[C@@H](C)C3)s2)cc1OC. The molecule has 1 aliphatic heterocycles. The molecule has 1 aromatic heterocycles. The van der Waals surface area contributed by atoms with Gasteiger partial charge in [-0.25, -0.2) is 4.79 Å². The zero-order chi connectivity index (χ0) is 19.4. The fraction of sp³-hybridized carbons (Fsp3) is 0.500. The molecule has 2 N–H and O–H groups in total. The molecule has 146 valence electrons. The summed E-state index contributed by atoms with van der Waals surface area (Å²) in [7, 11) is 3.11. The zero-order valence-electron chi connectivity index (χ0n) is 16.0. The number of amides is 2. The highest BCUT2D eigenvalue weighted by Gasteiger charge is 2.24. The van der Waals surface area contributed by atoms with Crippen LogP contribution in [-0.2, 0) is 0 Å². The number of hydrogen-bond acceptors (Lipinski definition) is 7. The number of benzene rings is 1. The maximum absolute atomic E-state index is 12.3. The molecule has 1 aliphatic rings. The number of anilines is 3. The Morgan fingerprint density at radius 1 is 1.11 bits per heavy atom. The second-order valence-electron chi connectivity index (χ2n) is 6.89. The molecule has 2 aromatic rings. The Labute approximate surface area is 162 Å². The van der Waals surface area contributed by atoms with Gasteiger partial charge in [0.05, 0.1) is 14.2 Å². The molecule has 2 heterocycles. The van der Waals surface area contributed by atoms with Gasteiger partial charge in [0.25, 0.3) is 0 Å². The van der Waals surface area contributed by atoms with Crippen LogP contribution in [0.1, 0.15) is 20.3 Å². The van der Waals surface area contributed by atoms with Crippen LogP contribution in [0.3, 0.4) is 0 Å². The second kappa shape index (κ2) is 8.43. The predicted octanol–water partition coefficient (Wildman–Crippen LogP) is 3.68. The molecular formula is C18H25N5O3S. The Hall–Kier alpha value is -2.55. The van der Waals surface area contributed by atoms with Crippen molar-refractivity contribution < 1.29 is 14.3 Å². The Kier molecular flexibility index (Phi) is 6.00. The number of carbonyl (C=O) groups excluding carboxylic acids is 1. The Morgan fingerprint density at radius 3 is 2.48 bits per heavy atom. The lowest BCUT2D eigenvalue weighted by molar-refractivity contribution is 0.262. The van der Waals surface area contributed by atoms with Crippen LogP contribution in [0.15, 0.2) is 18.2 Å². The number of aromatic nitrogens is 2. The van der Waals surface area contributed by atoms with Crippen LogP contribution >= 0.6 is 11.3 Å². The van der Waals surface area contributed by atoms with Crippen molar-refractivity contribution in [2.24, 2.45) is 11.8 Å². The molecule has 0 bridgehead atoms. The van der Waals surface area contributed by atoms with E-state index in [0.29, 0.717) is 34.2 Å². The number of rotatable bonds is 5. The van der Waals surface area contributed by atoms with Crippen molar-refractivity contribution in [1.82, 2.24) is 10.2 Å². The molecule has 1 saturated heterocycles. The third kappa shape index (κ3) is 4.79. The lowest BCUT2D eigenvalue weighted by Crippen LogP contribution is -2.38. The summed E-state index contributed by atoms with van der Waals surface area (Å²) in [5, 5.41) is 15.1. The number of hydrogen-bond donors (Lipinski definition) is 2. The van der Waals surface area contributed by atoms with E-state index < -0.39 is 0 Å². The van der Waals surface area contributed by atoms with Gasteiger partial charge in [-0.2, -0.15) is 0 Å². The van der Waals surface area contributed by atoms with Crippen molar-refractivity contribution in [2.75, 3.05) is 42.8 Å². The zero-order valence-corrected chi connectivity index (χ0v) is 16.8. The molecular weight excluding hydrogens is 366 g/mol. The number of ether oxygens (including phenoxy) is 2. The summed E-state index contributed by atoms with van der Waals surface area (Å²) >= 11 is 1.38. The highest BCUT2D eigenvalue weighted by Crippen LogP contribution is 2.31. The van der Waals surface area contributed by atoms with Crippen molar-refractivity contribution in [3.8, 4) is 11.5 Å². The second-order valence-corrected chi connectivity index (χ2v) is 7.85. The monoisotopic (exact) mass is 391 g/mol. The molecule has 1 fully saturated rings. The van der Waals surface area contributed by atoms with E-state index in [1.807, 2.05) is 0 Å². The molecule has 3 rings (SSSR count). The van der Waals surface area contributed by atoms with Gasteiger partial charge < -0.3 is 19.7 Å². The van der Waals surface area contributed by atoms with Crippen LogP contribution in [0.4, 0.5) is 20.7 Å². The smallest absolute Gasteiger partial charge is 0.325 e. The van der Waals surface area contributed by atoms with Gasteiger partial charge >= 0.3 is 6.03 Å². The number of nitrogens with one attached hydrogen (secondary N) is 2. The first kappa shape index (κ1) is 19.2. The number of carbonyl (C=O) groups is 1. The van der Waals surface area contributed by atoms with Gasteiger partial charge in [0.2, 0.25) is 10.3 Å². The summed E-state index contributed by atoms with van der Waals surface area (Å²) in [5.41, 5.74) is 0.591. The Balaban J connectivity index is 1.61. The minimum atomic E-state index is -0.384.